The predicted octanol–water partition coefficient (Wildman–Crippen LogP) is 1.15. The summed E-state index contributed by atoms with van der Waals surface area (Å²) in [4.78, 5) is 11.8. The summed E-state index contributed by atoms with van der Waals surface area (Å²) >= 11 is 0. The van der Waals surface area contributed by atoms with Crippen molar-refractivity contribution in [3.8, 4) is 0 Å². The number of sulfonamides is 1. The Balaban J connectivity index is 2.30. The van der Waals surface area contributed by atoms with Gasteiger partial charge in [-0.3, -0.25) is 0 Å². The molecule has 0 radical (unpaired) electrons. The molecule has 2 rings (SSSR count). The minimum Gasteiger partial charge on any atom is -0.465 e. The number of rotatable bonds is 4. The number of nitrogens with zero attached hydrogens (tertiary/aromatic N) is 1. The average Bonchev–Trinajstić information content (AvgIpc) is 2.53. The van der Waals surface area contributed by atoms with E-state index in [4.69, 9.17) is 0 Å². The average molecular weight is 326 g/mol. The van der Waals surface area contributed by atoms with E-state index in [0.717, 1.165) is 25.9 Å². The number of hydrogen-bond acceptors (Lipinski definition) is 5. The van der Waals surface area contributed by atoms with Crippen LogP contribution in [0.4, 0.5) is 0 Å². The zero-order chi connectivity index (χ0) is 16.3. The van der Waals surface area contributed by atoms with Gasteiger partial charge in [-0.15, -0.1) is 0 Å². The van der Waals surface area contributed by atoms with Gasteiger partial charge in [-0.2, -0.15) is 4.31 Å². The number of benzene rings is 1. The molecule has 1 aliphatic rings. The normalized spacial score (nSPS) is 16.7. The van der Waals surface area contributed by atoms with Crippen molar-refractivity contribution in [2.45, 2.75) is 30.7 Å². The number of carbonyl (C=O) groups excluding carboxylic acids is 1. The van der Waals surface area contributed by atoms with Gasteiger partial charge < -0.3 is 10.1 Å². The number of aryl methyl sites for hydroxylation is 1. The number of esters is 1. The summed E-state index contributed by atoms with van der Waals surface area (Å²) in [6.07, 6.45) is 1.60. The van der Waals surface area contributed by atoms with Crippen molar-refractivity contribution in [3.63, 3.8) is 0 Å². The first kappa shape index (κ1) is 16.9. The molecule has 6 nitrogen and oxygen atoms in total. The number of hydrogen-bond donors (Lipinski definition) is 1. The fourth-order valence-electron chi connectivity index (χ4n) is 2.71. The van der Waals surface area contributed by atoms with Gasteiger partial charge in [-0.25, -0.2) is 13.2 Å². The van der Waals surface area contributed by atoms with Crippen LogP contribution in [0.5, 0.6) is 0 Å². The van der Waals surface area contributed by atoms with Gasteiger partial charge in [-0.05, 0) is 56.6 Å². The highest BCUT2D eigenvalue weighted by Gasteiger charge is 2.30. The molecule has 0 unspecified atom stereocenters. The summed E-state index contributed by atoms with van der Waals surface area (Å²) in [5, 5.41) is 3.23. The van der Waals surface area contributed by atoms with Crippen molar-refractivity contribution in [1.29, 1.82) is 0 Å². The third-order valence-electron chi connectivity index (χ3n) is 4.08. The highest BCUT2D eigenvalue weighted by molar-refractivity contribution is 7.89. The molecular weight excluding hydrogens is 304 g/mol. The lowest BCUT2D eigenvalue weighted by Gasteiger charge is -2.31. The highest BCUT2D eigenvalue weighted by Crippen LogP contribution is 2.24. The molecule has 0 aliphatic carbocycles. The molecule has 1 aromatic carbocycles. The first-order chi connectivity index (χ1) is 10.4. The summed E-state index contributed by atoms with van der Waals surface area (Å²) in [6.45, 7) is 3.34. The Morgan fingerprint density at radius 3 is 2.50 bits per heavy atom. The first-order valence-electron chi connectivity index (χ1n) is 7.25. The second-order valence-corrected chi connectivity index (χ2v) is 7.44. The van der Waals surface area contributed by atoms with Gasteiger partial charge in [0.25, 0.3) is 0 Å². The van der Waals surface area contributed by atoms with Crippen molar-refractivity contribution in [2.75, 3.05) is 27.2 Å². The van der Waals surface area contributed by atoms with Crippen LogP contribution in [0, 0.1) is 6.92 Å². The fourth-order valence-corrected chi connectivity index (χ4v) is 4.32. The topological polar surface area (TPSA) is 75.7 Å². The lowest BCUT2D eigenvalue weighted by atomic mass is 10.1. The summed E-state index contributed by atoms with van der Waals surface area (Å²) in [6, 6.07) is 4.52. The van der Waals surface area contributed by atoms with E-state index in [9.17, 15) is 13.2 Å². The van der Waals surface area contributed by atoms with Gasteiger partial charge in [0.1, 0.15) is 0 Å². The third-order valence-corrected chi connectivity index (χ3v) is 6.15. The Bertz CT molecular complexity index is 652. The molecule has 7 heteroatoms. The zero-order valence-electron chi connectivity index (χ0n) is 13.1. The van der Waals surface area contributed by atoms with Crippen LogP contribution in [0.25, 0.3) is 0 Å². The summed E-state index contributed by atoms with van der Waals surface area (Å²) < 4.78 is 31.7. The Hall–Kier alpha value is -1.44. The Morgan fingerprint density at radius 2 is 1.95 bits per heavy atom. The molecule has 122 valence electrons. The first-order valence-corrected chi connectivity index (χ1v) is 8.69. The lowest BCUT2D eigenvalue weighted by molar-refractivity contribution is 0.0600. The zero-order valence-corrected chi connectivity index (χ0v) is 13.9. The van der Waals surface area contributed by atoms with Gasteiger partial charge in [0, 0.05) is 13.1 Å². The molecule has 0 atom stereocenters. The van der Waals surface area contributed by atoms with E-state index < -0.39 is 16.0 Å². The maximum atomic E-state index is 12.8. The van der Waals surface area contributed by atoms with Crippen molar-refractivity contribution < 1.29 is 17.9 Å². The van der Waals surface area contributed by atoms with Crippen molar-refractivity contribution in [1.82, 2.24) is 9.62 Å². The molecule has 0 amide bonds. The molecule has 1 N–H and O–H groups in total. The molecule has 1 saturated heterocycles. The van der Waals surface area contributed by atoms with E-state index in [2.05, 4.69) is 10.1 Å². The number of methoxy groups -OCH3 is 1. The van der Waals surface area contributed by atoms with Crippen LogP contribution in [0.3, 0.4) is 0 Å². The molecule has 1 fully saturated rings. The summed E-state index contributed by atoms with van der Waals surface area (Å²) in [7, 11) is -0.642. The van der Waals surface area contributed by atoms with Crippen molar-refractivity contribution in [3.05, 3.63) is 29.3 Å². The van der Waals surface area contributed by atoms with E-state index in [0.29, 0.717) is 11.1 Å². The minimum absolute atomic E-state index is 0.00549. The number of ether oxygens (including phenoxy) is 1. The van der Waals surface area contributed by atoms with Crippen LogP contribution in [-0.2, 0) is 14.8 Å². The summed E-state index contributed by atoms with van der Waals surface area (Å²) in [5.74, 6) is -0.473. The van der Waals surface area contributed by atoms with E-state index in [1.165, 1.54) is 23.5 Å². The Morgan fingerprint density at radius 1 is 1.32 bits per heavy atom. The highest BCUT2D eigenvalue weighted by atomic mass is 32.2. The molecule has 1 aromatic rings. The number of nitrogens with one attached hydrogen (secondary N) is 1. The van der Waals surface area contributed by atoms with Crippen LogP contribution in [0.2, 0.25) is 0 Å². The molecule has 0 saturated carbocycles. The SMILES string of the molecule is COC(=O)c1ccc(S(=O)(=O)N(C)C2CCNCC2)c(C)c1. The second kappa shape index (κ2) is 6.76. The van der Waals surface area contributed by atoms with Crippen LogP contribution >= 0.6 is 0 Å². The van der Waals surface area contributed by atoms with Gasteiger partial charge >= 0.3 is 5.97 Å². The van der Waals surface area contributed by atoms with E-state index in [-0.39, 0.29) is 10.9 Å². The van der Waals surface area contributed by atoms with Gasteiger partial charge in [0.05, 0.1) is 17.6 Å². The molecule has 0 aromatic heterocycles. The number of carbonyl (C=O) groups is 1. The minimum atomic E-state index is -3.57. The molecular formula is C15H22N2O4S. The van der Waals surface area contributed by atoms with Crippen LogP contribution in [0.1, 0.15) is 28.8 Å². The van der Waals surface area contributed by atoms with Crippen molar-refractivity contribution >= 4 is 16.0 Å². The monoisotopic (exact) mass is 326 g/mol. The lowest BCUT2D eigenvalue weighted by Crippen LogP contribution is -2.44. The smallest absolute Gasteiger partial charge is 0.337 e. The number of piperidine rings is 1. The predicted molar refractivity (Wildman–Crippen MR) is 83.4 cm³/mol. The maximum Gasteiger partial charge on any atom is 0.337 e. The van der Waals surface area contributed by atoms with Gasteiger partial charge in [0.15, 0.2) is 0 Å². The second-order valence-electron chi connectivity index (χ2n) is 5.47. The van der Waals surface area contributed by atoms with Crippen LogP contribution in [0.15, 0.2) is 23.1 Å². The molecule has 0 bridgehead atoms. The Kier molecular flexibility index (Phi) is 5.20. The van der Waals surface area contributed by atoms with Gasteiger partial charge in [0.2, 0.25) is 10.0 Å². The molecule has 1 heterocycles. The van der Waals surface area contributed by atoms with Crippen molar-refractivity contribution in [2.24, 2.45) is 0 Å². The van der Waals surface area contributed by atoms with E-state index in [1.807, 2.05) is 0 Å². The fraction of sp³-hybridized carbons (Fsp3) is 0.533. The molecule has 22 heavy (non-hydrogen) atoms. The van der Waals surface area contributed by atoms with E-state index >= 15 is 0 Å². The summed E-state index contributed by atoms with van der Waals surface area (Å²) in [5.41, 5.74) is 0.896. The molecule has 0 spiro atoms. The standard InChI is InChI=1S/C15H22N2O4S/c1-11-10-12(15(18)21-3)4-5-14(11)22(19,20)17(2)13-6-8-16-9-7-13/h4-5,10,13,16H,6-9H2,1-3H3. The largest absolute Gasteiger partial charge is 0.465 e. The van der Waals surface area contributed by atoms with Crippen LogP contribution < -0.4 is 5.32 Å². The molecule has 1 aliphatic heterocycles. The Labute approximate surface area is 131 Å². The maximum absolute atomic E-state index is 12.8. The van der Waals surface area contributed by atoms with Crippen LogP contribution in [-0.4, -0.2) is 52.0 Å². The quantitative estimate of drug-likeness (QED) is 0.840. The van der Waals surface area contributed by atoms with Gasteiger partial charge in [-0.1, -0.05) is 0 Å². The third kappa shape index (κ3) is 3.31. The van der Waals surface area contributed by atoms with E-state index in [1.54, 1.807) is 20.0 Å².